The average Bonchev–Trinajstić information content (AvgIpc) is 1.86. The molecular weight excluding hydrogens is 140 g/mol. The molecule has 0 spiro atoms. The maximum Gasteiger partial charge on any atom is 0.239 e. The van der Waals surface area contributed by atoms with Gasteiger partial charge in [0, 0.05) is 6.54 Å². The molecule has 0 bridgehead atoms. The molecule has 0 fully saturated rings. The molecule has 0 rings (SSSR count). The zero-order valence-corrected chi connectivity index (χ0v) is 7.31. The van der Waals surface area contributed by atoms with Gasteiger partial charge in [-0.2, -0.15) is 0 Å². The quantitative estimate of drug-likeness (QED) is 0.582. The van der Waals surface area contributed by atoms with E-state index in [1.165, 1.54) is 0 Å². The predicted molar refractivity (Wildman–Crippen MR) is 45.9 cm³/mol. The molecule has 0 aliphatic carbocycles. The van der Waals surface area contributed by atoms with Crippen LogP contribution in [0.15, 0.2) is 0 Å². The van der Waals surface area contributed by atoms with Crippen molar-refractivity contribution in [3.05, 3.63) is 6.92 Å². The molecule has 3 N–H and O–H groups in total. The van der Waals surface area contributed by atoms with Crippen molar-refractivity contribution in [2.45, 2.75) is 32.2 Å². The van der Waals surface area contributed by atoms with Crippen LogP contribution in [0.1, 0.15) is 26.7 Å². The Bertz CT molecular complexity index is 127. The maximum atomic E-state index is 11.1. The van der Waals surface area contributed by atoms with Crippen LogP contribution in [0.2, 0.25) is 0 Å². The highest BCUT2D eigenvalue weighted by Gasteiger charge is 2.20. The number of rotatable bonds is 4. The first kappa shape index (κ1) is 10.4. The van der Waals surface area contributed by atoms with Crippen molar-refractivity contribution in [1.29, 1.82) is 0 Å². The van der Waals surface area contributed by atoms with Gasteiger partial charge in [-0.05, 0) is 20.3 Å². The highest BCUT2D eigenvalue weighted by Crippen LogP contribution is 1.95. The Morgan fingerprint density at radius 1 is 1.64 bits per heavy atom. The van der Waals surface area contributed by atoms with Crippen molar-refractivity contribution in [2.24, 2.45) is 5.73 Å². The first-order valence-corrected chi connectivity index (χ1v) is 3.85. The second kappa shape index (κ2) is 4.34. The number of hydrogen-bond donors (Lipinski definition) is 2. The van der Waals surface area contributed by atoms with Gasteiger partial charge in [-0.3, -0.25) is 4.79 Å². The van der Waals surface area contributed by atoms with Gasteiger partial charge in [0.25, 0.3) is 0 Å². The van der Waals surface area contributed by atoms with E-state index in [1.54, 1.807) is 13.8 Å². The second-order valence-corrected chi connectivity index (χ2v) is 3.18. The zero-order chi connectivity index (χ0) is 8.91. The van der Waals surface area contributed by atoms with Crippen LogP contribution in [0.3, 0.4) is 0 Å². The highest BCUT2D eigenvalue weighted by molar-refractivity contribution is 5.84. The summed E-state index contributed by atoms with van der Waals surface area (Å²) in [6, 6.07) is 0. The Morgan fingerprint density at radius 3 is 2.55 bits per heavy atom. The van der Waals surface area contributed by atoms with Crippen LogP contribution in [0, 0.1) is 6.92 Å². The van der Waals surface area contributed by atoms with Crippen LogP contribution >= 0.6 is 0 Å². The van der Waals surface area contributed by atoms with E-state index in [0.717, 1.165) is 12.8 Å². The van der Waals surface area contributed by atoms with E-state index in [1.807, 2.05) is 0 Å². The van der Waals surface area contributed by atoms with E-state index in [-0.39, 0.29) is 5.91 Å². The lowest BCUT2D eigenvalue weighted by Gasteiger charge is -2.17. The van der Waals surface area contributed by atoms with Gasteiger partial charge in [0.15, 0.2) is 0 Å². The number of carbonyl (C=O) groups is 1. The Hall–Kier alpha value is -0.570. The van der Waals surface area contributed by atoms with Gasteiger partial charge in [0.1, 0.15) is 0 Å². The van der Waals surface area contributed by atoms with Gasteiger partial charge in [-0.1, -0.05) is 13.3 Å². The van der Waals surface area contributed by atoms with Gasteiger partial charge in [0.05, 0.1) is 5.54 Å². The van der Waals surface area contributed by atoms with E-state index in [2.05, 4.69) is 12.2 Å². The van der Waals surface area contributed by atoms with Crippen molar-refractivity contribution in [2.75, 3.05) is 6.54 Å². The molecule has 0 aromatic rings. The highest BCUT2D eigenvalue weighted by atomic mass is 16.2. The Kier molecular flexibility index (Phi) is 4.11. The van der Waals surface area contributed by atoms with Gasteiger partial charge in [-0.15, -0.1) is 0 Å². The molecule has 0 aromatic heterocycles. The summed E-state index contributed by atoms with van der Waals surface area (Å²) in [4.78, 5) is 11.1. The third-order valence-corrected chi connectivity index (χ3v) is 1.30. The number of hydrogen-bond acceptors (Lipinski definition) is 2. The molecule has 11 heavy (non-hydrogen) atoms. The molecule has 1 radical (unpaired) electrons. The van der Waals surface area contributed by atoms with Crippen molar-refractivity contribution in [3.63, 3.8) is 0 Å². The number of amides is 1. The number of carbonyl (C=O) groups excluding carboxylic acids is 1. The Balaban J connectivity index is 3.54. The van der Waals surface area contributed by atoms with Crippen LogP contribution in [0.5, 0.6) is 0 Å². The molecule has 0 saturated heterocycles. The molecule has 0 saturated carbocycles. The number of nitrogens with two attached hydrogens (primary N) is 1. The normalized spacial score (nSPS) is 11.3. The van der Waals surface area contributed by atoms with Crippen LogP contribution in [0.4, 0.5) is 0 Å². The summed E-state index contributed by atoms with van der Waals surface area (Å²) in [6.45, 7) is 7.71. The fraction of sp³-hybridized carbons (Fsp3) is 0.750. The lowest BCUT2D eigenvalue weighted by atomic mass is 10.1. The molecule has 3 heteroatoms. The first-order valence-electron chi connectivity index (χ1n) is 3.85. The van der Waals surface area contributed by atoms with Crippen LogP contribution in [-0.2, 0) is 4.79 Å². The molecule has 0 unspecified atom stereocenters. The van der Waals surface area contributed by atoms with E-state index >= 15 is 0 Å². The van der Waals surface area contributed by atoms with Gasteiger partial charge in [-0.25, -0.2) is 0 Å². The molecule has 0 aliphatic rings. The van der Waals surface area contributed by atoms with E-state index < -0.39 is 5.54 Å². The zero-order valence-electron chi connectivity index (χ0n) is 7.31. The van der Waals surface area contributed by atoms with E-state index in [0.29, 0.717) is 6.54 Å². The van der Waals surface area contributed by atoms with Crippen LogP contribution in [-0.4, -0.2) is 18.0 Å². The SMILES string of the molecule is [CH2]CCCNC(=O)C(C)(C)N. The summed E-state index contributed by atoms with van der Waals surface area (Å²) in [5, 5.41) is 2.72. The molecule has 0 atom stereocenters. The van der Waals surface area contributed by atoms with Crippen LogP contribution < -0.4 is 11.1 Å². The lowest BCUT2D eigenvalue weighted by molar-refractivity contribution is -0.125. The molecule has 3 nitrogen and oxygen atoms in total. The summed E-state index contributed by atoms with van der Waals surface area (Å²) in [6.07, 6.45) is 1.74. The largest absolute Gasteiger partial charge is 0.355 e. The minimum Gasteiger partial charge on any atom is -0.355 e. The van der Waals surface area contributed by atoms with Gasteiger partial charge in [0.2, 0.25) is 5.91 Å². The standard InChI is InChI=1S/C8H17N2O/c1-4-5-6-10-7(11)8(2,3)9/h1,4-6,9H2,2-3H3,(H,10,11). The molecular formula is C8H17N2O. The predicted octanol–water partition coefficient (Wildman–Crippen LogP) is 0.454. The lowest BCUT2D eigenvalue weighted by Crippen LogP contribution is -2.49. The summed E-state index contributed by atoms with van der Waals surface area (Å²) in [5.74, 6) is -0.106. The summed E-state index contributed by atoms with van der Waals surface area (Å²) in [5.41, 5.74) is 4.77. The van der Waals surface area contributed by atoms with Gasteiger partial charge < -0.3 is 11.1 Å². The van der Waals surface area contributed by atoms with Crippen molar-refractivity contribution in [1.82, 2.24) is 5.32 Å². The number of unbranched alkanes of at least 4 members (excludes halogenated alkanes) is 1. The third-order valence-electron chi connectivity index (χ3n) is 1.30. The van der Waals surface area contributed by atoms with E-state index in [4.69, 9.17) is 5.73 Å². The topological polar surface area (TPSA) is 55.1 Å². The smallest absolute Gasteiger partial charge is 0.239 e. The van der Waals surface area contributed by atoms with Crippen molar-refractivity contribution >= 4 is 5.91 Å². The number of nitrogens with one attached hydrogen (secondary N) is 1. The minimum absolute atomic E-state index is 0.106. The molecule has 65 valence electrons. The first-order chi connectivity index (χ1) is 4.98. The third kappa shape index (κ3) is 4.79. The molecule has 0 aromatic carbocycles. The fourth-order valence-corrected chi connectivity index (χ4v) is 0.555. The minimum atomic E-state index is -0.763. The Morgan fingerprint density at radius 2 is 2.18 bits per heavy atom. The maximum absolute atomic E-state index is 11.1. The Labute approximate surface area is 68.3 Å². The van der Waals surface area contributed by atoms with Crippen LogP contribution in [0.25, 0.3) is 0 Å². The van der Waals surface area contributed by atoms with E-state index in [9.17, 15) is 4.79 Å². The summed E-state index contributed by atoms with van der Waals surface area (Å²) in [7, 11) is 0. The fourth-order valence-electron chi connectivity index (χ4n) is 0.555. The van der Waals surface area contributed by atoms with Crippen molar-refractivity contribution < 1.29 is 4.79 Å². The second-order valence-electron chi connectivity index (χ2n) is 3.18. The summed E-state index contributed by atoms with van der Waals surface area (Å²) < 4.78 is 0. The van der Waals surface area contributed by atoms with Crippen molar-refractivity contribution in [3.8, 4) is 0 Å². The monoisotopic (exact) mass is 157 g/mol. The summed E-state index contributed by atoms with van der Waals surface area (Å²) >= 11 is 0. The molecule has 0 aliphatic heterocycles. The molecule has 1 amide bonds. The van der Waals surface area contributed by atoms with Gasteiger partial charge >= 0.3 is 0 Å². The average molecular weight is 157 g/mol. The molecule has 0 heterocycles.